The number of ether oxygens (including phenoxy) is 4. The minimum atomic E-state index is -4.89. The monoisotopic (exact) mass is 1760 g/mol. The lowest BCUT2D eigenvalue weighted by Crippen LogP contribution is -2.08. The van der Waals surface area contributed by atoms with Crippen LogP contribution in [0.4, 0.5) is 0 Å². The molecule has 0 N–H and O–H groups in total. The van der Waals surface area contributed by atoms with Crippen molar-refractivity contribution >= 4 is 202 Å². The van der Waals surface area contributed by atoms with E-state index in [-0.39, 0.29) is 9.79 Å². The maximum Gasteiger partial charge on any atom is 0.209 e. The first-order valence-electron chi connectivity index (χ1n) is 44.8. The van der Waals surface area contributed by atoms with Crippen LogP contribution in [0, 0.1) is 0 Å². The summed E-state index contributed by atoms with van der Waals surface area (Å²) in [7, 11) is 1.95. The number of fused-ring (bicyclic) bond motifs is 18. The molecule has 628 valence electrons. The van der Waals surface area contributed by atoms with E-state index in [0.29, 0.717) is 21.9 Å². The highest BCUT2D eigenvalue weighted by molar-refractivity contribution is 7.92. The van der Waals surface area contributed by atoms with Gasteiger partial charge in [-0.1, -0.05) is 303 Å². The second-order valence-corrected chi connectivity index (χ2v) is 38.8. The zero-order chi connectivity index (χ0) is 88.6. The molecule has 0 amide bonds. The molecular formula is C124H78O6S3. The molecule has 0 bridgehead atoms. The number of rotatable bonds is 14. The first-order chi connectivity index (χ1) is 65.5. The van der Waals surface area contributed by atoms with E-state index < -0.39 is 9.84 Å². The van der Waals surface area contributed by atoms with E-state index in [1.165, 1.54) is 0 Å². The maximum atomic E-state index is 19.4. The van der Waals surface area contributed by atoms with Crippen molar-refractivity contribution in [2.45, 2.75) is 9.79 Å². The molecule has 0 unspecified atom stereocenters. The van der Waals surface area contributed by atoms with Crippen LogP contribution < -0.4 is 18.9 Å². The van der Waals surface area contributed by atoms with Crippen molar-refractivity contribution < 1.29 is 27.4 Å². The third-order valence-electron chi connectivity index (χ3n) is 27.9. The van der Waals surface area contributed by atoms with Crippen LogP contribution in [0.25, 0.3) is 259 Å². The Labute approximate surface area is 774 Å². The summed E-state index contributed by atoms with van der Waals surface area (Å²) in [5, 5.41) is 28.4. The SMILES string of the molecule is COc1ccc2cc(-c3c4ccccc4c(-c4ccc5c(c4)sc4ccc(-c6c7ccccc7c(-c7ccc8cc(OC)ccc8c7)c7ccccc67)c(S(=O)(=O)c6c(-c7c8ccccc8c(-c8ccc9cc(OC)ccc9c8)c8ccccc78)ccc7sc8cc(-c9c%10ccccc%10c(-c%10ccc%11cc(OC)ccc%11c%10)c%10ccccc9%10)ccc8c67)c45)c4ccccc34)ccc2c1. The molecule has 26 rings (SSSR count). The van der Waals surface area contributed by atoms with Gasteiger partial charge >= 0.3 is 0 Å². The van der Waals surface area contributed by atoms with Gasteiger partial charge in [0.05, 0.1) is 38.2 Å². The van der Waals surface area contributed by atoms with Crippen molar-refractivity contribution in [1.29, 1.82) is 0 Å². The molecule has 0 aliphatic heterocycles. The van der Waals surface area contributed by atoms with Crippen molar-refractivity contribution in [1.82, 2.24) is 0 Å². The molecule has 0 saturated heterocycles. The molecule has 26 aromatic rings. The van der Waals surface area contributed by atoms with E-state index >= 15 is 8.42 Å². The van der Waals surface area contributed by atoms with Gasteiger partial charge in [-0.05, 0) is 304 Å². The molecule has 0 fully saturated rings. The van der Waals surface area contributed by atoms with Crippen LogP contribution in [-0.4, -0.2) is 36.9 Å². The molecule has 0 aliphatic carbocycles. The zero-order valence-corrected chi connectivity index (χ0v) is 75.2. The minimum absolute atomic E-state index is 0.243. The molecule has 0 saturated carbocycles. The third kappa shape index (κ3) is 12.2. The summed E-state index contributed by atoms with van der Waals surface area (Å²) >= 11 is 3.30. The lowest BCUT2D eigenvalue weighted by molar-refractivity contribution is 0.415. The number of methoxy groups -OCH3 is 4. The summed E-state index contributed by atoms with van der Waals surface area (Å²) < 4.78 is 65.4. The molecular weight excluding hydrogens is 1680 g/mol. The number of thiophene rings is 2. The van der Waals surface area contributed by atoms with Crippen LogP contribution in [0.2, 0.25) is 0 Å². The van der Waals surface area contributed by atoms with E-state index in [1.54, 1.807) is 51.1 Å². The van der Waals surface area contributed by atoms with Gasteiger partial charge in [0, 0.05) is 51.5 Å². The van der Waals surface area contributed by atoms with Crippen molar-refractivity contribution in [3.63, 3.8) is 0 Å². The summed E-state index contributed by atoms with van der Waals surface area (Å²) in [6.45, 7) is 0. The summed E-state index contributed by atoms with van der Waals surface area (Å²) in [5.41, 5.74) is 15.9. The van der Waals surface area contributed by atoms with E-state index in [2.05, 4.69) is 376 Å². The Bertz CT molecular complexity index is 8920. The fourth-order valence-corrected chi connectivity index (χ4v) is 26.6. The lowest BCUT2D eigenvalue weighted by atomic mass is 9.85. The highest BCUT2D eigenvalue weighted by Crippen LogP contribution is 2.58. The van der Waals surface area contributed by atoms with Gasteiger partial charge in [0.2, 0.25) is 9.84 Å². The van der Waals surface area contributed by atoms with Gasteiger partial charge in [0.15, 0.2) is 0 Å². The zero-order valence-electron chi connectivity index (χ0n) is 72.8. The molecule has 0 radical (unpaired) electrons. The highest BCUT2D eigenvalue weighted by Gasteiger charge is 2.36. The van der Waals surface area contributed by atoms with Gasteiger partial charge in [-0.15, -0.1) is 22.7 Å². The fourth-order valence-electron chi connectivity index (χ4n) is 22.0. The predicted molar refractivity (Wildman–Crippen MR) is 564 cm³/mol. The smallest absolute Gasteiger partial charge is 0.209 e. The Morgan fingerprint density at radius 1 is 0.180 bits per heavy atom. The quantitative estimate of drug-likeness (QED) is 0.101. The largest absolute Gasteiger partial charge is 0.497 e. The third-order valence-corrected chi connectivity index (χ3v) is 32.1. The Balaban J connectivity index is 0.762. The molecule has 2 aromatic heterocycles. The van der Waals surface area contributed by atoms with Gasteiger partial charge in [0.1, 0.15) is 23.0 Å². The number of benzene rings is 24. The van der Waals surface area contributed by atoms with Gasteiger partial charge in [0.25, 0.3) is 0 Å². The predicted octanol–water partition coefficient (Wildman–Crippen LogP) is 34.5. The van der Waals surface area contributed by atoms with Crippen molar-refractivity contribution in [3.05, 3.63) is 400 Å². The minimum Gasteiger partial charge on any atom is -0.497 e. The van der Waals surface area contributed by atoms with Crippen molar-refractivity contribution in [3.8, 4) is 112 Å². The van der Waals surface area contributed by atoms with E-state index in [1.807, 2.05) is 24.3 Å². The van der Waals surface area contributed by atoms with Crippen LogP contribution in [-0.2, 0) is 9.84 Å². The number of hydrogen-bond acceptors (Lipinski definition) is 8. The lowest BCUT2D eigenvalue weighted by Gasteiger charge is -2.23. The van der Waals surface area contributed by atoms with E-state index in [9.17, 15) is 0 Å². The Morgan fingerprint density at radius 2 is 0.376 bits per heavy atom. The van der Waals surface area contributed by atoms with Crippen molar-refractivity contribution in [2.24, 2.45) is 0 Å². The molecule has 6 nitrogen and oxygen atoms in total. The average Bonchev–Trinajstić information content (AvgIpc) is 1.60. The van der Waals surface area contributed by atoms with E-state index in [0.717, 1.165) is 260 Å². The average molecular weight is 1760 g/mol. The standard InChI is InChI=1S/C124H78O6S3/c1-127-85-51-45-71-61-79(41-37-75(71)65-85)113-89-21-5-9-25-93(89)117(94-26-10-6-22-90(94)113)83-49-55-105-111(69-83)131-109-59-57-107(119-101-33-17-13-29-97(101)115(98-30-14-18-34-102(98)119)81-43-39-77-67-87(129-3)53-47-73(77)63-81)123(121(105)109)133(125,126)124-108(120-103-35-19-15-31-99(103)116(100-32-16-20-36-104(100)120)82-44-40-78-68-88(130-4)54-48-74(78)64-82)58-60-110-122(124)106-56-50-84(70-112(106)132-110)118-95-27-11-7-23-91(95)114(92-24-8-12-28-96(92)118)80-42-38-76-66-86(128-2)52-46-72(76)62-80/h5-70H,1-4H3. The van der Waals surface area contributed by atoms with Crippen LogP contribution in [0.5, 0.6) is 23.0 Å². The van der Waals surface area contributed by atoms with E-state index in [4.69, 9.17) is 18.9 Å². The topological polar surface area (TPSA) is 71.1 Å². The molecule has 0 spiro atoms. The van der Waals surface area contributed by atoms with Crippen LogP contribution >= 0.6 is 22.7 Å². The molecule has 0 atom stereocenters. The fraction of sp³-hybridized carbons (Fsp3) is 0.0323. The summed E-state index contributed by atoms with van der Waals surface area (Å²) in [4.78, 5) is 0.486. The maximum absolute atomic E-state index is 19.4. The second-order valence-electron chi connectivity index (χ2n) is 34.8. The molecule has 9 heteroatoms. The number of sulfone groups is 1. The first-order valence-corrected chi connectivity index (χ1v) is 47.9. The van der Waals surface area contributed by atoms with Gasteiger partial charge in [-0.3, -0.25) is 0 Å². The summed E-state index contributed by atoms with van der Waals surface area (Å²) in [6.07, 6.45) is 0. The Morgan fingerprint density at radius 3 is 0.602 bits per heavy atom. The van der Waals surface area contributed by atoms with Crippen molar-refractivity contribution in [2.75, 3.05) is 28.4 Å². The molecule has 133 heavy (non-hydrogen) atoms. The molecule has 0 aliphatic rings. The Kier molecular flexibility index (Phi) is 17.9. The summed E-state index contributed by atoms with van der Waals surface area (Å²) in [5.74, 6) is 3.22. The number of hydrogen-bond donors (Lipinski definition) is 0. The van der Waals surface area contributed by atoms with Gasteiger partial charge < -0.3 is 18.9 Å². The summed E-state index contributed by atoms with van der Waals surface area (Å²) in [6, 6.07) is 144. The van der Waals surface area contributed by atoms with Crippen LogP contribution in [0.1, 0.15) is 0 Å². The molecule has 2 heterocycles. The normalized spacial score (nSPS) is 12.1. The van der Waals surface area contributed by atoms with Crippen LogP contribution in [0.15, 0.2) is 410 Å². The Hall–Kier alpha value is -16.0. The van der Waals surface area contributed by atoms with Crippen LogP contribution in [0.3, 0.4) is 0 Å². The molecule has 24 aromatic carbocycles. The van der Waals surface area contributed by atoms with Gasteiger partial charge in [-0.2, -0.15) is 0 Å². The van der Waals surface area contributed by atoms with Gasteiger partial charge in [-0.25, -0.2) is 8.42 Å². The highest BCUT2D eigenvalue weighted by atomic mass is 32.2. The second kappa shape index (κ2) is 30.6. The first kappa shape index (κ1) is 78.1.